The molecule has 5 heteroatoms. The largest absolute Gasteiger partial charge is 0.335 e. The molecule has 1 saturated carbocycles. The number of nitrogens with one attached hydrogen (secondary N) is 1. The Bertz CT molecular complexity index is 1090. The van der Waals surface area contributed by atoms with Crippen molar-refractivity contribution in [3.05, 3.63) is 70.5 Å². The Morgan fingerprint density at radius 1 is 1.00 bits per heavy atom. The minimum absolute atomic E-state index is 0.0938. The topological polar surface area (TPSA) is 49.4 Å². The number of carbonyl (C=O) groups is 2. The second-order valence-corrected chi connectivity index (χ2v) is 9.81. The number of allylic oxidation sites excluding steroid dienone is 1. The zero-order valence-corrected chi connectivity index (χ0v) is 19.1. The van der Waals surface area contributed by atoms with E-state index in [0.29, 0.717) is 46.3 Å². The van der Waals surface area contributed by atoms with E-state index in [2.05, 4.69) is 10.2 Å². The molecule has 172 valence electrons. The first-order valence-electron chi connectivity index (χ1n) is 12.2. The number of amides is 2. The van der Waals surface area contributed by atoms with Gasteiger partial charge in [-0.05, 0) is 91.5 Å². The van der Waals surface area contributed by atoms with Gasteiger partial charge in [0.2, 0.25) is 0 Å². The average Bonchev–Trinajstić information content (AvgIpc) is 2.84. The molecule has 0 bridgehead atoms. The van der Waals surface area contributed by atoms with Gasteiger partial charge in [-0.3, -0.25) is 9.59 Å². The molecule has 2 aromatic rings. The van der Waals surface area contributed by atoms with E-state index in [0.717, 1.165) is 19.4 Å². The minimum Gasteiger partial charge on any atom is -0.335 e. The first-order valence-corrected chi connectivity index (χ1v) is 12.2. The summed E-state index contributed by atoms with van der Waals surface area (Å²) in [4.78, 5) is 28.3. The van der Waals surface area contributed by atoms with Gasteiger partial charge in [0.05, 0.1) is 0 Å². The van der Waals surface area contributed by atoms with Gasteiger partial charge in [-0.2, -0.15) is 0 Å². The molecule has 0 radical (unpaired) electrons. The number of likely N-dealkylation sites (tertiary alicyclic amines) is 1. The van der Waals surface area contributed by atoms with Gasteiger partial charge in [-0.1, -0.05) is 31.9 Å². The maximum Gasteiger partial charge on any atom is 0.256 e. The highest BCUT2D eigenvalue weighted by Gasteiger charge is 2.36. The van der Waals surface area contributed by atoms with Crippen LogP contribution in [-0.4, -0.2) is 29.3 Å². The molecule has 0 aromatic heterocycles. The van der Waals surface area contributed by atoms with E-state index in [1.807, 2.05) is 19.1 Å². The van der Waals surface area contributed by atoms with Crippen molar-refractivity contribution in [3.8, 4) is 0 Å². The van der Waals surface area contributed by atoms with Gasteiger partial charge < -0.3 is 10.2 Å². The van der Waals surface area contributed by atoms with Gasteiger partial charge in [0.15, 0.2) is 0 Å². The zero-order chi connectivity index (χ0) is 22.9. The number of anilines is 1. The van der Waals surface area contributed by atoms with E-state index in [4.69, 9.17) is 0 Å². The summed E-state index contributed by atoms with van der Waals surface area (Å²) in [7, 11) is 0. The van der Waals surface area contributed by atoms with E-state index in [-0.39, 0.29) is 23.5 Å². The van der Waals surface area contributed by atoms with Gasteiger partial charge in [-0.15, -0.1) is 0 Å². The summed E-state index contributed by atoms with van der Waals surface area (Å²) in [5.74, 6) is 0.452. The quantitative estimate of drug-likeness (QED) is 0.621. The molecule has 2 fully saturated rings. The SMILES string of the molecule is CC1C=Cc2c(C(=O)Nc3ccc(C(=O)N4CCCC5CCCCC54)cc3)ccc(F)c2C1. The third kappa shape index (κ3) is 4.33. The molecule has 2 amide bonds. The van der Waals surface area contributed by atoms with Gasteiger partial charge in [-0.25, -0.2) is 4.39 Å². The van der Waals surface area contributed by atoms with Crippen molar-refractivity contribution in [2.75, 3.05) is 11.9 Å². The number of carbonyl (C=O) groups excluding carboxylic acids is 2. The molecule has 3 unspecified atom stereocenters. The summed E-state index contributed by atoms with van der Waals surface area (Å²) in [5.41, 5.74) is 3.00. The Morgan fingerprint density at radius 3 is 2.58 bits per heavy atom. The second-order valence-electron chi connectivity index (χ2n) is 9.81. The Hall–Kier alpha value is -2.95. The van der Waals surface area contributed by atoms with Crippen LogP contribution in [0.4, 0.5) is 10.1 Å². The van der Waals surface area contributed by atoms with Crippen molar-refractivity contribution in [2.24, 2.45) is 11.8 Å². The lowest BCUT2D eigenvalue weighted by Gasteiger charge is -2.44. The summed E-state index contributed by atoms with van der Waals surface area (Å²) in [6.45, 7) is 2.87. The molecule has 2 aliphatic carbocycles. The number of halogens is 1. The Kier molecular flexibility index (Phi) is 6.05. The summed E-state index contributed by atoms with van der Waals surface area (Å²) >= 11 is 0. The molecule has 1 saturated heterocycles. The molecule has 5 rings (SSSR count). The monoisotopic (exact) mass is 446 g/mol. The summed E-state index contributed by atoms with van der Waals surface area (Å²) in [5, 5.41) is 2.91. The average molecular weight is 447 g/mol. The van der Waals surface area contributed by atoms with Gasteiger partial charge in [0.1, 0.15) is 5.82 Å². The zero-order valence-electron chi connectivity index (χ0n) is 19.1. The minimum atomic E-state index is -0.273. The smallest absolute Gasteiger partial charge is 0.256 e. The summed E-state index contributed by atoms with van der Waals surface area (Å²) in [6, 6.07) is 10.4. The number of rotatable bonds is 3. The summed E-state index contributed by atoms with van der Waals surface area (Å²) < 4.78 is 14.3. The number of hydrogen-bond donors (Lipinski definition) is 1. The van der Waals surface area contributed by atoms with E-state index >= 15 is 0 Å². The first-order chi connectivity index (χ1) is 16.0. The van der Waals surface area contributed by atoms with Gasteiger partial charge in [0.25, 0.3) is 11.8 Å². The molecule has 4 nitrogen and oxygen atoms in total. The molecular formula is C28H31FN2O2. The van der Waals surface area contributed by atoms with Crippen molar-refractivity contribution in [2.45, 2.75) is 57.9 Å². The normalized spacial score (nSPS) is 24.1. The molecule has 1 heterocycles. The number of hydrogen-bond acceptors (Lipinski definition) is 2. The van der Waals surface area contributed by atoms with Crippen molar-refractivity contribution in [1.29, 1.82) is 0 Å². The lowest BCUT2D eigenvalue weighted by molar-refractivity contribution is 0.0390. The van der Waals surface area contributed by atoms with Gasteiger partial charge in [0, 0.05) is 29.4 Å². The van der Waals surface area contributed by atoms with Crippen molar-refractivity contribution >= 4 is 23.6 Å². The maximum atomic E-state index is 14.3. The Morgan fingerprint density at radius 2 is 1.76 bits per heavy atom. The van der Waals surface area contributed by atoms with E-state index in [9.17, 15) is 14.0 Å². The van der Waals surface area contributed by atoms with Crippen LogP contribution < -0.4 is 5.32 Å². The summed E-state index contributed by atoms with van der Waals surface area (Å²) in [6.07, 6.45) is 11.6. The van der Waals surface area contributed by atoms with Crippen molar-refractivity contribution in [1.82, 2.24) is 4.90 Å². The highest BCUT2D eigenvalue weighted by Crippen LogP contribution is 2.36. The molecule has 3 aliphatic rings. The molecule has 33 heavy (non-hydrogen) atoms. The lowest BCUT2D eigenvalue weighted by atomic mass is 9.78. The van der Waals surface area contributed by atoms with Crippen LogP contribution in [0, 0.1) is 17.7 Å². The molecule has 3 atom stereocenters. The fourth-order valence-corrected chi connectivity index (χ4v) is 5.82. The number of benzene rings is 2. The molecule has 2 aromatic carbocycles. The molecular weight excluding hydrogens is 415 g/mol. The van der Waals surface area contributed by atoms with Gasteiger partial charge >= 0.3 is 0 Å². The highest BCUT2D eigenvalue weighted by atomic mass is 19.1. The van der Waals surface area contributed by atoms with E-state index < -0.39 is 0 Å². The van der Waals surface area contributed by atoms with Crippen molar-refractivity contribution < 1.29 is 14.0 Å². The van der Waals surface area contributed by atoms with Crippen LogP contribution in [0.1, 0.15) is 77.3 Å². The second kappa shape index (κ2) is 9.12. The van der Waals surface area contributed by atoms with E-state index in [1.165, 1.54) is 31.7 Å². The van der Waals surface area contributed by atoms with Crippen LogP contribution in [-0.2, 0) is 6.42 Å². The fraction of sp³-hybridized carbons (Fsp3) is 0.429. The van der Waals surface area contributed by atoms with Crippen molar-refractivity contribution in [3.63, 3.8) is 0 Å². The number of nitrogens with zero attached hydrogens (tertiary/aromatic N) is 1. The first kappa shape index (κ1) is 21.9. The third-order valence-electron chi connectivity index (χ3n) is 7.56. The predicted octanol–water partition coefficient (Wildman–Crippen LogP) is 6.08. The Balaban J connectivity index is 1.30. The molecule has 0 spiro atoms. The van der Waals surface area contributed by atoms with Crippen LogP contribution in [0.3, 0.4) is 0 Å². The number of fused-ring (bicyclic) bond motifs is 2. The number of piperidine rings is 1. The predicted molar refractivity (Wildman–Crippen MR) is 129 cm³/mol. The highest BCUT2D eigenvalue weighted by molar-refractivity contribution is 6.07. The fourth-order valence-electron chi connectivity index (χ4n) is 5.82. The lowest BCUT2D eigenvalue weighted by Crippen LogP contribution is -2.49. The Labute approximate surface area is 194 Å². The van der Waals surface area contributed by atoms with Crippen LogP contribution in [0.2, 0.25) is 0 Å². The molecule has 1 aliphatic heterocycles. The maximum absolute atomic E-state index is 14.3. The third-order valence-corrected chi connectivity index (χ3v) is 7.56. The van der Waals surface area contributed by atoms with Crippen LogP contribution in [0.15, 0.2) is 42.5 Å². The van der Waals surface area contributed by atoms with Crippen LogP contribution in [0.25, 0.3) is 6.08 Å². The van der Waals surface area contributed by atoms with Crippen LogP contribution >= 0.6 is 0 Å². The molecule has 1 N–H and O–H groups in total. The standard InChI is InChI=1S/C28H31FN2O2/c1-18-8-13-22-23(14-15-25(29)24(22)17-18)27(32)30-21-11-9-20(10-12-21)28(33)31-16-4-6-19-5-2-3-7-26(19)31/h8-15,18-19,26H,2-7,16-17H2,1H3,(H,30,32). The van der Waals surface area contributed by atoms with Crippen LogP contribution in [0.5, 0.6) is 0 Å². The van der Waals surface area contributed by atoms with E-state index in [1.54, 1.807) is 30.3 Å².